The van der Waals surface area contributed by atoms with Gasteiger partial charge in [-0.25, -0.2) is 4.99 Å². The Labute approximate surface area is 191 Å². The lowest BCUT2D eigenvalue weighted by molar-refractivity contribution is 0.291. The van der Waals surface area contributed by atoms with Crippen molar-refractivity contribution in [2.75, 3.05) is 13.6 Å². The standard InChI is InChI=1S/C25H34N6O/c1-8-25(32-23-11-12-28-24(14-23)22(15-26)16-27-7)18(3)29-20(5)30-21(6)31-13-9-10-17(2)19(31)4/h8,11-12,14-17,26-27,30H,4-6,9-10,13H2,1-3,7H3/b22-16+,25-8+,26-15?,29-18-. The summed E-state index contributed by atoms with van der Waals surface area (Å²) in [5.74, 6) is 2.83. The van der Waals surface area contributed by atoms with Crippen molar-refractivity contribution in [3.8, 4) is 5.75 Å². The number of likely N-dealkylation sites (tertiary alicyclic amines) is 1. The van der Waals surface area contributed by atoms with E-state index in [2.05, 4.69) is 52.2 Å². The van der Waals surface area contributed by atoms with E-state index in [4.69, 9.17) is 10.1 Å². The second kappa shape index (κ2) is 11.7. The van der Waals surface area contributed by atoms with Gasteiger partial charge in [-0.15, -0.1) is 0 Å². The van der Waals surface area contributed by atoms with Crippen molar-refractivity contribution in [2.45, 2.75) is 33.6 Å². The summed E-state index contributed by atoms with van der Waals surface area (Å²) in [4.78, 5) is 11.0. The number of hydrogen-bond acceptors (Lipinski definition) is 7. The highest BCUT2D eigenvalue weighted by Crippen LogP contribution is 2.27. The Hall–Kier alpha value is -3.61. The molecule has 1 unspecified atom stereocenters. The number of pyridine rings is 1. The van der Waals surface area contributed by atoms with Crippen LogP contribution < -0.4 is 15.4 Å². The lowest BCUT2D eigenvalue weighted by Crippen LogP contribution is -2.35. The molecule has 1 fully saturated rings. The summed E-state index contributed by atoms with van der Waals surface area (Å²) in [5, 5.41) is 13.7. The molecule has 2 rings (SSSR count). The smallest absolute Gasteiger partial charge is 0.144 e. The van der Waals surface area contributed by atoms with Crippen LogP contribution in [0.5, 0.6) is 5.75 Å². The molecule has 1 aliphatic rings. The first kappa shape index (κ1) is 24.7. The molecular formula is C25H34N6O. The SMILES string of the molecule is C=C(/N=C(C)\C(=C/C)Oc1ccnc(/C(C=N)=C/NC)c1)NC(=C)N1CCCC(C)C1=C. The molecule has 7 nitrogen and oxygen atoms in total. The average molecular weight is 435 g/mol. The summed E-state index contributed by atoms with van der Waals surface area (Å²) < 4.78 is 6.04. The van der Waals surface area contributed by atoms with Crippen LogP contribution in [0.2, 0.25) is 0 Å². The first-order chi connectivity index (χ1) is 15.3. The minimum atomic E-state index is 0.435. The summed E-state index contributed by atoms with van der Waals surface area (Å²) >= 11 is 0. The Balaban J connectivity index is 2.09. The maximum atomic E-state index is 7.57. The zero-order valence-electron chi connectivity index (χ0n) is 19.5. The van der Waals surface area contributed by atoms with Gasteiger partial charge in [0.2, 0.25) is 0 Å². The lowest BCUT2D eigenvalue weighted by atomic mass is 9.97. The molecule has 7 heteroatoms. The molecule has 0 bridgehead atoms. The molecule has 0 aliphatic carbocycles. The van der Waals surface area contributed by atoms with Gasteiger partial charge in [0.1, 0.15) is 23.2 Å². The highest BCUT2D eigenvalue weighted by molar-refractivity contribution is 6.07. The second-order valence-corrected chi connectivity index (χ2v) is 7.57. The summed E-state index contributed by atoms with van der Waals surface area (Å²) in [6.45, 7) is 19.2. The topological polar surface area (TPSA) is 85.6 Å². The molecule has 170 valence electrons. The molecule has 1 aliphatic heterocycles. The molecular weight excluding hydrogens is 400 g/mol. The van der Waals surface area contributed by atoms with Crippen LogP contribution in [0.25, 0.3) is 5.57 Å². The Kier molecular flexibility index (Phi) is 9.01. The van der Waals surface area contributed by atoms with Crippen molar-refractivity contribution in [1.82, 2.24) is 20.5 Å². The maximum absolute atomic E-state index is 7.57. The third kappa shape index (κ3) is 6.44. The fourth-order valence-electron chi connectivity index (χ4n) is 3.41. The zero-order chi connectivity index (χ0) is 23.7. The molecule has 0 saturated carbocycles. The molecule has 0 radical (unpaired) electrons. The molecule has 32 heavy (non-hydrogen) atoms. The van der Waals surface area contributed by atoms with Crippen LogP contribution in [0.4, 0.5) is 0 Å². The molecule has 1 atom stereocenters. The van der Waals surface area contributed by atoms with Crippen LogP contribution in [-0.4, -0.2) is 35.4 Å². The first-order valence-electron chi connectivity index (χ1n) is 10.7. The van der Waals surface area contributed by atoms with Crippen molar-refractivity contribution in [3.05, 3.63) is 79.1 Å². The number of hydrogen-bond donors (Lipinski definition) is 3. The number of rotatable bonds is 10. The lowest BCUT2D eigenvalue weighted by Gasteiger charge is -2.36. The van der Waals surface area contributed by atoms with Crippen molar-refractivity contribution in [3.63, 3.8) is 0 Å². The summed E-state index contributed by atoms with van der Waals surface area (Å²) in [6.07, 6.45) is 8.69. The van der Waals surface area contributed by atoms with Gasteiger partial charge in [-0.3, -0.25) is 4.98 Å². The van der Waals surface area contributed by atoms with E-state index in [1.807, 2.05) is 19.9 Å². The summed E-state index contributed by atoms with van der Waals surface area (Å²) in [7, 11) is 1.78. The average Bonchev–Trinajstić information content (AvgIpc) is 2.77. The normalized spacial score (nSPS) is 17.6. The highest BCUT2D eigenvalue weighted by Gasteiger charge is 2.21. The van der Waals surface area contributed by atoms with Crippen LogP contribution in [0.1, 0.15) is 39.3 Å². The van der Waals surface area contributed by atoms with Crippen LogP contribution in [0.3, 0.4) is 0 Å². The first-order valence-corrected chi connectivity index (χ1v) is 10.7. The molecule has 1 saturated heterocycles. The number of nitrogens with zero attached hydrogens (tertiary/aromatic N) is 3. The maximum Gasteiger partial charge on any atom is 0.144 e. The minimum absolute atomic E-state index is 0.435. The van der Waals surface area contributed by atoms with Crippen LogP contribution in [-0.2, 0) is 0 Å². The second-order valence-electron chi connectivity index (χ2n) is 7.57. The van der Waals surface area contributed by atoms with Gasteiger partial charge >= 0.3 is 0 Å². The van der Waals surface area contributed by atoms with Crippen LogP contribution in [0.15, 0.2) is 78.4 Å². The summed E-state index contributed by atoms with van der Waals surface area (Å²) in [6, 6.07) is 3.54. The van der Waals surface area contributed by atoms with E-state index in [1.54, 1.807) is 31.6 Å². The predicted molar refractivity (Wildman–Crippen MR) is 133 cm³/mol. The third-order valence-corrected chi connectivity index (χ3v) is 5.18. The van der Waals surface area contributed by atoms with Gasteiger partial charge in [-0.2, -0.15) is 0 Å². The number of aliphatic imine (C=N–C) groups is 1. The molecule has 0 spiro atoms. The van der Waals surface area contributed by atoms with E-state index in [0.29, 0.717) is 40.2 Å². The zero-order valence-corrected chi connectivity index (χ0v) is 19.5. The number of aromatic nitrogens is 1. The van der Waals surface area contributed by atoms with E-state index >= 15 is 0 Å². The number of piperidine rings is 1. The third-order valence-electron chi connectivity index (χ3n) is 5.18. The Morgan fingerprint density at radius 3 is 2.81 bits per heavy atom. The monoisotopic (exact) mass is 434 g/mol. The quantitative estimate of drug-likeness (QED) is 0.363. The van der Waals surface area contributed by atoms with E-state index in [-0.39, 0.29) is 0 Å². The molecule has 0 aromatic carbocycles. The number of nitrogens with one attached hydrogen (secondary N) is 3. The highest BCUT2D eigenvalue weighted by atomic mass is 16.5. The largest absolute Gasteiger partial charge is 0.456 e. The van der Waals surface area contributed by atoms with Gasteiger partial charge in [0.15, 0.2) is 0 Å². The van der Waals surface area contributed by atoms with Gasteiger partial charge in [-0.05, 0) is 44.7 Å². The fraction of sp³-hybridized carbons (Fsp3) is 0.320. The minimum Gasteiger partial charge on any atom is -0.456 e. The summed E-state index contributed by atoms with van der Waals surface area (Å²) in [5.41, 5.74) is 3.01. The molecule has 2 heterocycles. The van der Waals surface area contributed by atoms with Gasteiger partial charge in [0.05, 0.1) is 11.4 Å². The van der Waals surface area contributed by atoms with Crippen LogP contribution >= 0.6 is 0 Å². The van der Waals surface area contributed by atoms with Gasteiger partial charge < -0.3 is 25.7 Å². The van der Waals surface area contributed by atoms with E-state index in [9.17, 15) is 0 Å². The van der Waals surface area contributed by atoms with E-state index < -0.39 is 0 Å². The van der Waals surface area contributed by atoms with Crippen molar-refractivity contribution >= 4 is 17.5 Å². The predicted octanol–water partition coefficient (Wildman–Crippen LogP) is 4.81. The van der Waals surface area contributed by atoms with E-state index in [0.717, 1.165) is 30.9 Å². The van der Waals surface area contributed by atoms with Crippen molar-refractivity contribution < 1.29 is 4.74 Å². The molecule has 1 aromatic heterocycles. The molecule has 3 N–H and O–H groups in total. The molecule has 1 aromatic rings. The molecule has 0 amide bonds. The van der Waals surface area contributed by atoms with Crippen molar-refractivity contribution in [1.29, 1.82) is 5.41 Å². The fourth-order valence-corrected chi connectivity index (χ4v) is 3.41. The van der Waals surface area contributed by atoms with E-state index in [1.165, 1.54) is 6.21 Å². The number of allylic oxidation sites excluding steroid dienone is 4. The Morgan fingerprint density at radius 2 is 2.16 bits per heavy atom. The Bertz CT molecular complexity index is 972. The number of ether oxygens (including phenoxy) is 1. The van der Waals surface area contributed by atoms with Crippen molar-refractivity contribution in [2.24, 2.45) is 10.9 Å². The van der Waals surface area contributed by atoms with Gasteiger partial charge in [0, 0.05) is 49.5 Å². The van der Waals surface area contributed by atoms with Crippen LogP contribution in [0, 0.1) is 11.3 Å². The van der Waals surface area contributed by atoms with Gasteiger partial charge in [0.25, 0.3) is 0 Å². The van der Waals surface area contributed by atoms with Gasteiger partial charge in [-0.1, -0.05) is 26.7 Å². The Morgan fingerprint density at radius 1 is 1.41 bits per heavy atom.